The standard InChI is InChI=1S/C22H20N2O7/c1-13(25)23-15-8-9-16-14(10-20(26)31-19(16)11-15)12-30-21(27)17-6-4-5-7-18(17)24(2)22(28)29-3/h4-11H,12H2,1-3H3,(H,23,25). The molecular formula is C22H20N2O7. The summed E-state index contributed by atoms with van der Waals surface area (Å²) in [6.45, 7) is 1.17. The summed E-state index contributed by atoms with van der Waals surface area (Å²) in [6, 6.07) is 12.5. The van der Waals surface area contributed by atoms with Gasteiger partial charge in [0.15, 0.2) is 0 Å². The zero-order chi connectivity index (χ0) is 22.5. The van der Waals surface area contributed by atoms with Gasteiger partial charge in [0.2, 0.25) is 5.91 Å². The Balaban J connectivity index is 1.86. The van der Waals surface area contributed by atoms with E-state index in [4.69, 9.17) is 9.15 Å². The van der Waals surface area contributed by atoms with E-state index in [9.17, 15) is 19.2 Å². The van der Waals surface area contributed by atoms with Crippen molar-refractivity contribution in [2.45, 2.75) is 13.5 Å². The Morgan fingerprint density at radius 1 is 1.10 bits per heavy atom. The molecule has 9 nitrogen and oxygen atoms in total. The first-order valence-electron chi connectivity index (χ1n) is 9.22. The van der Waals surface area contributed by atoms with Gasteiger partial charge in [-0.2, -0.15) is 0 Å². The van der Waals surface area contributed by atoms with Crippen molar-refractivity contribution in [1.82, 2.24) is 0 Å². The van der Waals surface area contributed by atoms with Gasteiger partial charge in [-0.25, -0.2) is 14.4 Å². The Kier molecular flexibility index (Phi) is 6.35. The number of hydrogen-bond acceptors (Lipinski definition) is 7. The maximum Gasteiger partial charge on any atom is 0.413 e. The first-order chi connectivity index (χ1) is 14.8. The van der Waals surface area contributed by atoms with Crippen molar-refractivity contribution in [3.05, 3.63) is 70.1 Å². The number of hydrogen-bond donors (Lipinski definition) is 1. The van der Waals surface area contributed by atoms with Gasteiger partial charge in [0, 0.05) is 42.7 Å². The number of ether oxygens (including phenoxy) is 2. The van der Waals surface area contributed by atoms with Gasteiger partial charge in [-0.3, -0.25) is 9.69 Å². The van der Waals surface area contributed by atoms with E-state index >= 15 is 0 Å². The molecule has 0 saturated carbocycles. The molecule has 0 atom stereocenters. The first kappa shape index (κ1) is 21.6. The summed E-state index contributed by atoms with van der Waals surface area (Å²) in [4.78, 5) is 48.9. The van der Waals surface area contributed by atoms with E-state index in [2.05, 4.69) is 10.1 Å². The van der Waals surface area contributed by atoms with Gasteiger partial charge >= 0.3 is 17.7 Å². The zero-order valence-corrected chi connectivity index (χ0v) is 17.1. The number of esters is 1. The molecule has 1 N–H and O–H groups in total. The largest absolute Gasteiger partial charge is 0.457 e. The summed E-state index contributed by atoms with van der Waals surface area (Å²) in [5, 5.41) is 3.17. The number of methoxy groups -OCH3 is 1. The summed E-state index contributed by atoms with van der Waals surface area (Å²) in [6.07, 6.45) is -0.637. The molecule has 0 radical (unpaired) electrons. The van der Waals surface area contributed by atoms with Crippen LogP contribution in [0.25, 0.3) is 11.0 Å². The molecule has 1 aromatic heterocycles. The predicted molar refractivity (Wildman–Crippen MR) is 113 cm³/mol. The van der Waals surface area contributed by atoms with Gasteiger partial charge in [0.25, 0.3) is 0 Å². The van der Waals surface area contributed by atoms with E-state index in [1.807, 2.05) is 0 Å². The molecule has 0 saturated heterocycles. The number of carbonyl (C=O) groups is 3. The summed E-state index contributed by atoms with van der Waals surface area (Å²) in [5.74, 6) is -0.940. The Bertz CT molecular complexity index is 1220. The van der Waals surface area contributed by atoms with E-state index in [1.165, 1.54) is 44.2 Å². The summed E-state index contributed by atoms with van der Waals surface area (Å²) in [5.41, 5.74) is 1.01. The summed E-state index contributed by atoms with van der Waals surface area (Å²) < 4.78 is 15.3. The summed E-state index contributed by atoms with van der Waals surface area (Å²) >= 11 is 0. The second-order valence-corrected chi connectivity index (χ2v) is 6.61. The second-order valence-electron chi connectivity index (χ2n) is 6.61. The molecule has 0 spiro atoms. The fourth-order valence-corrected chi connectivity index (χ4v) is 3.03. The minimum Gasteiger partial charge on any atom is -0.457 e. The molecule has 0 bridgehead atoms. The SMILES string of the molecule is COC(=O)N(C)c1ccccc1C(=O)OCc1cc(=O)oc2cc(NC(C)=O)ccc12. The third kappa shape index (κ3) is 4.89. The molecule has 3 aromatic rings. The highest BCUT2D eigenvalue weighted by Crippen LogP contribution is 2.24. The molecule has 1 heterocycles. The molecule has 0 aliphatic heterocycles. The van der Waals surface area contributed by atoms with E-state index < -0.39 is 17.7 Å². The monoisotopic (exact) mass is 424 g/mol. The van der Waals surface area contributed by atoms with Gasteiger partial charge in [-0.1, -0.05) is 12.1 Å². The van der Waals surface area contributed by atoms with Crippen LogP contribution in [0, 0.1) is 0 Å². The molecule has 160 valence electrons. The van der Waals surface area contributed by atoms with Crippen molar-refractivity contribution in [2.24, 2.45) is 0 Å². The fourth-order valence-electron chi connectivity index (χ4n) is 3.03. The maximum atomic E-state index is 12.7. The average molecular weight is 424 g/mol. The lowest BCUT2D eigenvalue weighted by Gasteiger charge is -2.18. The van der Waals surface area contributed by atoms with E-state index in [0.717, 1.165) is 0 Å². The van der Waals surface area contributed by atoms with Gasteiger partial charge in [-0.05, 0) is 24.3 Å². The number of nitrogens with zero attached hydrogens (tertiary/aromatic N) is 1. The van der Waals surface area contributed by atoms with Gasteiger partial charge in [0.05, 0.1) is 18.4 Å². The molecule has 2 aromatic carbocycles. The maximum absolute atomic E-state index is 12.7. The molecule has 3 rings (SSSR count). The molecule has 2 amide bonds. The minimum absolute atomic E-state index is 0.163. The topological polar surface area (TPSA) is 115 Å². The van der Waals surface area contributed by atoms with Crippen LogP contribution in [-0.2, 0) is 20.9 Å². The van der Waals surface area contributed by atoms with Crippen LogP contribution in [0.15, 0.2) is 57.7 Å². The lowest BCUT2D eigenvalue weighted by atomic mass is 10.1. The van der Waals surface area contributed by atoms with Gasteiger partial charge < -0.3 is 19.2 Å². The fraction of sp³-hybridized carbons (Fsp3) is 0.182. The zero-order valence-electron chi connectivity index (χ0n) is 17.1. The number of benzene rings is 2. The van der Waals surface area contributed by atoms with Crippen LogP contribution in [0.1, 0.15) is 22.8 Å². The molecule has 31 heavy (non-hydrogen) atoms. The van der Waals surface area contributed by atoms with E-state index in [-0.39, 0.29) is 23.7 Å². The second kappa shape index (κ2) is 9.12. The number of rotatable bonds is 5. The first-order valence-corrected chi connectivity index (χ1v) is 9.22. The number of amides is 2. The van der Waals surface area contributed by atoms with Crippen LogP contribution in [0.3, 0.4) is 0 Å². The van der Waals surface area contributed by atoms with Crippen molar-refractivity contribution < 1.29 is 28.3 Å². The number of carbonyl (C=O) groups excluding carboxylic acids is 3. The average Bonchev–Trinajstić information content (AvgIpc) is 2.75. The third-order valence-corrected chi connectivity index (χ3v) is 4.44. The number of para-hydroxylation sites is 1. The molecule has 0 aliphatic rings. The number of fused-ring (bicyclic) bond motifs is 1. The lowest BCUT2D eigenvalue weighted by molar-refractivity contribution is -0.114. The predicted octanol–water partition coefficient (Wildman–Crippen LogP) is 3.31. The molecule has 0 unspecified atom stereocenters. The van der Waals surface area contributed by atoms with Crippen LogP contribution < -0.4 is 15.8 Å². The minimum atomic E-state index is -0.678. The lowest BCUT2D eigenvalue weighted by Crippen LogP contribution is -2.27. The van der Waals surface area contributed by atoms with Crippen molar-refractivity contribution in [3.8, 4) is 0 Å². The van der Waals surface area contributed by atoms with Gasteiger partial charge in [0.1, 0.15) is 12.2 Å². The van der Waals surface area contributed by atoms with Crippen molar-refractivity contribution in [1.29, 1.82) is 0 Å². The smallest absolute Gasteiger partial charge is 0.413 e. The van der Waals surface area contributed by atoms with Crippen LogP contribution in [0.2, 0.25) is 0 Å². The highest BCUT2D eigenvalue weighted by molar-refractivity contribution is 6.00. The molecule has 0 aliphatic carbocycles. The van der Waals surface area contributed by atoms with Crippen LogP contribution >= 0.6 is 0 Å². The Morgan fingerprint density at radius 2 is 1.84 bits per heavy atom. The van der Waals surface area contributed by atoms with Crippen molar-refractivity contribution in [2.75, 3.05) is 24.4 Å². The Hall–Kier alpha value is -4.14. The van der Waals surface area contributed by atoms with E-state index in [1.54, 1.807) is 30.3 Å². The van der Waals surface area contributed by atoms with Crippen LogP contribution in [-0.4, -0.2) is 32.1 Å². The van der Waals surface area contributed by atoms with Gasteiger partial charge in [-0.15, -0.1) is 0 Å². The number of nitrogens with one attached hydrogen (secondary N) is 1. The van der Waals surface area contributed by atoms with Crippen LogP contribution in [0.5, 0.6) is 0 Å². The van der Waals surface area contributed by atoms with Crippen LogP contribution in [0.4, 0.5) is 16.2 Å². The molecule has 9 heteroatoms. The Labute approximate surface area is 177 Å². The summed E-state index contributed by atoms with van der Waals surface area (Å²) in [7, 11) is 2.71. The highest BCUT2D eigenvalue weighted by Gasteiger charge is 2.20. The number of anilines is 2. The molecule has 0 fully saturated rings. The normalized spacial score (nSPS) is 10.4. The van der Waals surface area contributed by atoms with E-state index in [0.29, 0.717) is 22.3 Å². The van der Waals surface area contributed by atoms with Crippen molar-refractivity contribution in [3.63, 3.8) is 0 Å². The Morgan fingerprint density at radius 3 is 2.55 bits per heavy atom. The molecular weight excluding hydrogens is 404 g/mol. The highest BCUT2D eigenvalue weighted by atomic mass is 16.5. The third-order valence-electron chi connectivity index (χ3n) is 4.44. The van der Waals surface area contributed by atoms with Crippen molar-refractivity contribution >= 4 is 40.3 Å². The quantitative estimate of drug-likeness (QED) is 0.493.